The van der Waals surface area contributed by atoms with Gasteiger partial charge in [-0.25, -0.2) is 9.78 Å². The van der Waals surface area contributed by atoms with Crippen LogP contribution in [0.4, 0.5) is 0 Å². The van der Waals surface area contributed by atoms with E-state index in [1.54, 1.807) is 24.3 Å². The quantitative estimate of drug-likeness (QED) is 0.430. The maximum absolute atomic E-state index is 12.0. The second-order valence-corrected chi connectivity index (χ2v) is 5.25. The highest BCUT2D eigenvalue weighted by Crippen LogP contribution is 2.26. The van der Waals surface area contributed by atoms with Crippen molar-refractivity contribution >= 4 is 31.3 Å². The molecule has 0 aliphatic heterocycles. The third-order valence-corrected chi connectivity index (χ3v) is 3.28. The third kappa shape index (κ3) is 3.84. The van der Waals surface area contributed by atoms with Gasteiger partial charge in [-0.05, 0) is 23.8 Å². The van der Waals surface area contributed by atoms with E-state index in [0.29, 0.717) is 16.1 Å². The topological polar surface area (TPSA) is 109 Å². The van der Waals surface area contributed by atoms with Crippen LogP contribution in [0.1, 0.15) is 10.5 Å². The molecule has 0 spiro atoms. The SMILES string of the molecule is [B]C(O)(NC(=O)c1ncc(-c2cccc(Cl)c2)cc1O)C(=O)OC. The highest BCUT2D eigenvalue weighted by atomic mass is 35.5. The first-order chi connectivity index (χ1) is 11.2. The molecule has 1 atom stereocenters. The van der Waals surface area contributed by atoms with E-state index in [1.807, 2.05) is 5.32 Å². The summed E-state index contributed by atoms with van der Waals surface area (Å²) < 4.78 is 4.25. The smallest absolute Gasteiger partial charge is 0.348 e. The molecular formula is C15H12BClN2O5. The van der Waals surface area contributed by atoms with Crippen molar-refractivity contribution in [3.8, 4) is 16.9 Å². The maximum atomic E-state index is 12.0. The summed E-state index contributed by atoms with van der Waals surface area (Å²) in [6.45, 7) is 0. The molecule has 1 heterocycles. The summed E-state index contributed by atoms with van der Waals surface area (Å²) in [5, 5.41) is 21.9. The minimum absolute atomic E-state index is 0.423. The molecule has 2 aromatic rings. The van der Waals surface area contributed by atoms with Crippen LogP contribution in [-0.4, -0.2) is 47.7 Å². The number of amides is 1. The molecule has 2 rings (SSSR count). The number of carbonyl (C=O) groups excluding carboxylic acids is 2. The molecular weight excluding hydrogens is 334 g/mol. The van der Waals surface area contributed by atoms with Gasteiger partial charge in [0.05, 0.1) is 7.11 Å². The fraction of sp³-hybridized carbons (Fsp3) is 0.133. The minimum Gasteiger partial charge on any atom is -0.505 e. The summed E-state index contributed by atoms with van der Waals surface area (Å²) in [4.78, 5) is 27.1. The second-order valence-electron chi connectivity index (χ2n) is 4.81. The van der Waals surface area contributed by atoms with Crippen LogP contribution >= 0.6 is 11.6 Å². The molecule has 0 aliphatic rings. The van der Waals surface area contributed by atoms with Crippen molar-refractivity contribution in [3.05, 3.63) is 47.2 Å². The van der Waals surface area contributed by atoms with E-state index in [1.165, 1.54) is 12.3 Å². The number of halogens is 1. The number of hydrogen-bond donors (Lipinski definition) is 3. The molecule has 24 heavy (non-hydrogen) atoms. The van der Waals surface area contributed by atoms with Gasteiger partial charge in [0.25, 0.3) is 5.91 Å². The standard InChI is InChI=1S/C15H12BClN2O5/c1-24-14(22)15(16,23)19-13(21)12-11(20)6-9(7-18-12)8-3-2-4-10(17)5-8/h2-7,20,23H,1H3,(H,19,21). The Labute approximate surface area is 143 Å². The van der Waals surface area contributed by atoms with Gasteiger partial charge in [-0.15, -0.1) is 0 Å². The molecule has 1 amide bonds. The summed E-state index contributed by atoms with van der Waals surface area (Å²) >= 11 is 5.90. The summed E-state index contributed by atoms with van der Waals surface area (Å²) in [5.41, 5.74) is -1.97. The molecule has 7 nitrogen and oxygen atoms in total. The van der Waals surface area contributed by atoms with Gasteiger partial charge >= 0.3 is 5.97 Å². The summed E-state index contributed by atoms with van der Waals surface area (Å²) in [7, 11) is 6.21. The van der Waals surface area contributed by atoms with E-state index >= 15 is 0 Å². The van der Waals surface area contributed by atoms with Crippen LogP contribution < -0.4 is 5.32 Å². The zero-order valence-corrected chi connectivity index (χ0v) is 13.2. The molecule has 1 aromatic carbocycles. The van der Waals surface area contributed by atoms with Crippen molar-refractivity contribution in [2.24, 2.45) is 0 Å². The number of ether oxygens (including phenoxy) is 1. The number of esters is 1. The molecule has 9 heteroatoms. The number of nitrogens with zero attached hydrogens (tertiary/aromatic N) is 1. The molecule has 122 valence electrons. The Bertz CT molecular complexity index is 797. The number of rotatable bonds is 4. The molecule has 0 saturated carbocycles. The lowest BCUT2D eigenvalue weighted by molar-refractivity contribution is -0.155. The van der Waals surface area contributed by atoms with Crippen molar-refractivity contribution in [3.63, 3.8) is 0 Å². The minimum atomic E-state index is -2.74. The van der Waals surface area contributed by atoms with E-state index in [2.05, 4.69) is 9.72 Å². The zero-order chi connectivity index (χ0) is 17.9. The van der Waals surface area contributed by atoms with E-state index < -0.39 is 28.9 Å². The number of benzene rings is 1. The largest absolute Gasteiger partial charge is 0.505 e. The van der Waals surface area contributed by atoms with Crippen LogP contribution in [0.15, 0.2) is 36.5 Å². The lowest BCUT2D eigenvalue weighted by atomic mass is 9.91. The van der Waals surface area contributed by atoms with Crippen LogP contribution in [0, 0.1) is 0 Å². The van der Waals surface area contributed by atoms with Gasteiger partial charge in [0.1, 0.15) is 5.75 Å². The molecule has 3 N–H and O–H groups in total. The predicted octanol–water partition coefficient (Wildman–Crippen LogP) is 0.825. The highest BCUT2D eigenvalue weighted by Gasteiger charge is 2.33. The number of nitrogens with one attached hydrogen (secondary N) is 1. The van der Waals surface area contributed by atoms with Crippen molar-refractivity contribution in [2.75, 3.05) is 7.11 Å². The van der Waals surface area contributed by atoms with Crippen LogP contribution in [-0.2, 0) is 9.53 Å². The Morgan fingerprint density at radius 3 is 2.62 bits per heavy atom. The van der Waals surface area contributed by atoms with Gasteiger partial charge in [0.2, 0.25) is 0 Å². The predicted molar refractivity (Wildman–Crippen MR) is 86.5 cm³/mol. The van der Waals surface area contributed by atoms with E-state index in [0.717, 1.165) is 7.11 Å². The lowest BCUT2D eigenvalue weighted by Crippen LogP contribution is -2.55. The summed E-state index contributed by atoms with van der Waals surface area (Å²) in [6.07, 6.45) is 1.33. The second kappa shape index (κ2) is 6.90. The van der Waals surface area contributed by atoms with Gasteiger partial charge in [-0.1, -0.05) is 23.7 Å². The number of carbonyl (C=O) groups is 2. The number of methoxy groups -OCH3 is 1. The lowest BCUT2D eigenvalue weighted by Gasteiger charge is -2.22. The molecule has 0 aliphatic carbocycles. The van der Waals surface area contributed by atoms with Crippen LogP contribution in [0.25, 0.3) is 11.1 Å². The molecule has 2 radical (unpaired) electrons. The molecule has 0 bridgehead atoms. The van der Waals surface area contributed by atoms with Gasteiger partial charge in [-0.2, -0.15) is 0 Å². The number of aromatic nitrogens is 1. The Morgan fingerprint density at radius 2 is 2.04 bits per heavy atom. The van der Waals surface area contributed by atoms with Crippen molar-refractivity contribution in [1.82, 2.24) is 10.3 Å². The van der Waals surface area contributed by atoms with Crippen LogP contribution in [0.2, 0.25) is 5.02 Å². The van der Waals surface area contributed by atoms with Gasteiger partial charge in [0, 0.05) is 16.8 Å². The van der Waals surface area contributed by atoms with E-state index in [9.17, 15) is 19.8 Å². The van der Waals surface area contributed by atoms with Crippen molar-refractivity contribution in [1.29, 1.82) is 0 Å². The Morgan fingerprint density at radius 1 is 1.33 bits per heavy atom. The molecule has 0 fully saturated rings. The summed E-state index contributed by atoms with van der Waals surface area (Å²) in [6, 6.07) is 8.11. The van der Waals surface area contributed by atoms with Gasteiger partial charge in [0.15, 0.2) is 19.2 Å². The van der Waals surface area contributed by atoms with Crippen LogP contribution in [0.3, 0.4) is 0 Å². The highest BCUT2D eigenvalue weighted by molar-refractivity contribution is 6.30. The molecule has 1 aromatic heterocycles. The number of hydrogen-bond acceptors (Lipinski definition) is 6. The molecule has 1 unspecified atom stereocenters. The Balaban J connectivity index is 2.27. The van der Waals surface area contributed by atoms with E-state index in [4.69, 9.17) is 19.4 Å². The monoisotopic (exact) mass is 346 g/mol. The van der Waals surface area contributed by atoms with Gasteiger partial charge in [-0.3, -0.25) is 4.79 Å². The van der Waals surface area contributed by atoms with Crippen molar-refractivity contribution in [2.45, 2.75) is 5.62 Å². The first-order valence-corrected chi connectivity index (χ1v) is 6.99. The fourth-order valence-electron chi connectivity index (χ4n) is 1.89. The normalized spacial score (nSPS) is 13.0. The van der Waals surface area contributed by atoms with Gasteiger partial charge < -0.3 is 20.3 Å². The van der Waals surface area contributed by atoms with E-state index in [-0.39, 0.29) is 0 Å². The third-order valence-electron chi connectivity index (χ3n) is 3.04. The number of aliphatic hydroxyl groups is 1. The fourth-order valence-corrected chi connectivity index (χ4v) is 2.08. The number of pyridine rings is 1. The first kappa shape index (κ1) is 17.8. The van der Waals surface area contributed by atoms with Crippen LogP contribution in [0.5, 0.6) is 5.75 Å². The molecule has 0 saturated heterocycles. The Hall–Kier alpha value is -2.58. The van der Waals surface area contributed by atoms with Crippen molar-refractivity contribution < 1.29 is 24.5 Å². The summed E-state index contributed by atoms with van der Waals surface area (Å²) in [5.74, 6) is -2.79. The average Bonchev–Trinajstić information content (AvgIpc) is 2.53. The maximum Gasteiger partial charge on any atom is 0.348 e. The number of aromatic hydroxyl groups is 1. The average molecular weight is 347 g/mol. The first-order valence-electron chi connectivity index (χ1n) is 6.61. The zero-order valence-electron chi connectivity index (χ0n) is 12.5. The Kier molecular flexibility index (Phi) is 5.11.